The van der Waals surface area contributed by atoms with Crippen molar-refractivity contribution in [3.63, 3.8) is 0 Å². The molecule has 2 N–H and O–H groups in total. The Bertz CT molecular complexity index is 988. The Morgan fingerprint density at radius 1 is 1.22 bits per heavy atom. The smallest absolute Gasteiger partial charge is 0.269 e. The Labute approximate surface area is 157 Å². The number of benzene rings is 2. The molecule has 1 amide bonds. The lowest BCUT2D eigenvalue weighted by molar-refractivity contribution is -0.125. The van der Waals surface area contributed by atoms with Gasteiger partial charge in [0.15, 0.2) is 11.5 Å². The third-order valence-electron chi connectivity index (χ3n) is 3.95. The van der Waals surface area contributed by atoms with E-state index in [1.165, 1.54) is 18.5 Å². The number of fused-ring (bicyclic) bond motifs is 1. The Kier molecular flexibility index (Phi) is 4.41. The number of nitrogens with zero attached hydrogens (tertiary/aromatic N) is 1. The Morgan fingerprint density at radius 2 is 2.00 bits per heavy atom. The van der Waals surface area contributed by atoms with Crippen LogP contribution in [0, 0.1) is 11.6 Å². The zero-order valence-electron chi connectivity index (χ0n) is 13.6. The van der Waals surface area contributed by atoms with Crippen LogP contribution in [-0.2, 0) is 4.79 Å². The topological polar surface area (TPSA) is 76.2 Å². The van der Waals surface area contributed by atoms with Crippen molar-refractivity contribution >= 4 is 23.2 Å². The highest BCUT2D eigenvalue weighted by atomic mass is 35.5. The van der Waals surface area contributed by atoms with E-state index in [-0.39, 0.29) is 23.4 Å². The lowest BCUT2D eigenvalue weighted by Crippen LogP contribution is -2.40. The summed E-state index contributed by atoms with van der Waals surface area (Å²) in [6.45, 7) is -0.0431. The van der Waals surface area contributed by atoms with E-state index in [1.807, 2.05) is 0 Å². The third kappa shape index (κ3) is 3.43. The molecule has 0 saturated carbocycles. The van der Waals surface area contributed by atoms with Gasteiger partial charge in [0.05, 0.1) is 11.8 Å². The maximum absolute atomic E-state index is 14.3. The zero-order valence-corrected chi connectivity index (χ0v) is 14.4. The molecule has 1 unspecified atom stereocenters. The van der Waals surface area contributed by atoms with E-state index >= 15 is 0 Å². The summed E-state index contributed by atoms with van der Waals surface area (Å²) in [7, 11) is 0. The predicted molar refractivity (Wildman–Crippen MR) is 93.9 cm³/mol. The molecular weight excluding hydrogens is 380 g/mol. The van der Waals surface area contributed by atoms with Crippen LogP contribution in [0.3, 0.4) is 0 Å². The van der Waals surface area contributed by atoms with Gasteiger partial charge in [0, 0.05) is 28.5 Å². The molecule has 1 atom stereocenters. The van der Waals surface area contributed by atoms with Crippen LogP contribution >= 0.6 is 11.6 Å². The fourth-order valence-electron chi connectivity index (χ4n) is 2.71. The number of aromatic amines is 1. The van der Waals surface area contributed by atoms with Crippen LogP contribution in [-0.4, -0.2) is 28.8 Å². The molecule has 6 nitrogen and oxygen atoms in total. The van der Waals surface area contributed by atoms with Crippen LogP contribution in [0.1, 0.15) is 0 Å². The maximum atomic E-state index is 14.3. The van der Waals surface area contributed by atoms with Crippen LogP contribution in [0.4, 0.5) is 14.5 Å². The Balaban J connectivity index is 1.52. The summed E-state index contributed by atoms with van der Waals surface area (Å²) in [6, 6.07) is 6.84. The van der Waals surface area contributed by atoms with Crippen LogP contribution in [0.5, 0.6) is 11.5 Å². The average molecular weight is 392 g/mol. The second kappa shape index (κ2) is 6.88. The quantitative estimate of drug-likeness (QED) is 0.712. The number of ether oxygens (including phenoxy) is 2. The molecule has 1 aliphatic rings. The zero-order chi connectivity index (χ0) is 19.0. The lowest BCUT2D eigenvalue weighted by atomic mass is 10.1. The van der Waals surface area contributed by atoms with Gasteiger partial charge in [-0.3, -0.25) is 9.89 Å². The molecule has 0 saturated heterocycles. The van der Waals surface area contributed by atoms with Crippen LogP contribution in [0.25, 0.3) is 11.1 Å². The number of nitrogens with one attached hydrogen (secondary N) is 2. The molecule has 1 aromatic heterocycles. The number of amides is 1. The van der Waals surface area contributed by atoms with Gasteiger partial charge < -0.3 is 14.8 Å². The molecule has 0 fully saturated rings. The van der Waals surface area contributed by atoms with E-state index in [4.69, 9.17) is 21.1 Å². The fraction of sp³-hybridized carbons (Fsp3) is 0.111. The minimum atomic E-state index is -0.990. The van der Waals surface area contributed by atoms with Gasteiger partial charge in [0.25, 0.3) is 5.91 Å². The van der Waals surface area contributed by atoms with E-state index in [0.29, 0.717) is 16.5 Å². The molecule has 1 aliphatic heterocycles. The molecule has 138 valence electrons. The highest BCUT2D eigenvalue weighted by Crippen LogP contribution is 2.34. The second-order valence-corrected chi connectivity index (χ2v) is 6.24. The van der Waals surface area contributed by atoms with Gasteiger partial charge in [-0.2, -0.15) is 5.10 Å². The summed E-state index contributed by atoms with van der Waals surface area (Å²) in [5.74, 6) is -1.48. The first-order chi connectivity index (χ1) is 13.0. The van der Waals surface area contributed by atoms with Gasteiger partial charge in [0.1, 0.15) is 18.2 Å². The van der Waals surface area contributed by atoms with Gasteiger partial charge >= 0.3 is 0 Å². The van der Waals surface area contributed by atoms with E-state index in [9.17, 15) is 13.6 Å². The standard InChI is InChI=1S/C18H12ClF2N3O3/c19-10-1-2-14-15(3-10)27-16(8-26-14)18(25)24-11-4-12(20)17(13(21)5-11)9-6-22-23-7-9/h1-7,16H,8H2,(H,22,23)(H,24,25). The number of hydrogen-bond acceptors (Lipinski definition) is 4. The van der Waals surface area contributed by atoms with Gasteiger partial charge in [0.2, 0.25) is 6.10 Å². The van der Waals surface area contributed by atoms with E-state index in [0.717, 1.165) is 12.1 Å². The van der Waals surface area contributed by atoms with E-state index in [1.54, 1.807) is 12.1 Å². The largest absolute Gasteiger partial charge is 0.485 e. The lowest BCUT2D eigenvalue weighted by Gasteiger charge is -2.25. The van der Waals surface area contributed by atoms with Crippen molar-refractivity contribution in [2.45, 2.75) is 6.10 Å². The summed E-state index contributed by atoms with van der Waals surface area (Å²) in [4.78, 5) is 12.4. The number of anilines is 1. The summed E-state index contributed by atoms with van der Waals surface area (Å²) in [6.07, 6.45) is 1.68. The van der Waals surface area contributed by atoms with Crippen molar-refractivity contribution in [1.82, 2.24) is 10.2 Å². The SMILES string of the molecule is O=C(Nc1cc(F)c(-c2cn[nH]c2)c(F)c1)C1COc2ccc(Cl)cc2O1. The summed E-state index contributed by atoms with van der Waals surface area (Å²) in [5.41, 5.74) is -0.00863. The molecule has 4 rings (SSSR count). The first kappa shape index (κ1) is 17.3. The monoisotopic (exact) mass is 391 g/mol. The van der Waals surface area contributed by atoms with Gasteiger partial charge in [-0.25, -0.2) is 8.78 Å². The summed E-state index contributed by atoms with van der Waals surface area (Å²) < 4.78 is 39.6. The van der Waals surface area contributed by atoms with Crippen molar-refractivity contribution in [2.24, 2.45) is 0 Å². The molecule has 0 aliphatic carbocycles. The first-order valence-electron chi connectivity index (χ1n) is 7.89. The molecule has 3 aromatic rings. The van der Waals surface area contributed by atoms with E-state index < -0.39 is 23.6 Å². The molecule has 0 radical (unpaired) electrons. The number of carbonyl (C=O) groups excluding carboxylic acids is 1. The van der Waals surface area contributed by atoms with Crippen molar-refractivity contribution in [1.29, 1.82) is 0 Å². The highest BCUT2D eigenvalue weighted by Gasteiger charge is 2.28. The number of hydrogen-bond donors (Lipinski definition) is 2. The molecular formula is C18H12ClF2N3O3. The van der Waals surface area contributed by atoms with Gasteiger partial charge in [-0.05, 0) is 24.3 Å². The second-order valence-electron chi connectivity index (χ2n) is 5.80. The maximum Gasteiger partial charge on any atom is 0.269 e. The number of H-pyrrole nitrogens is 1. The molecule has 2 heterocycles. The molecule has 9 heteroatoms. The number of carbonyl (C=O) groups is 1. The van der Waals surface area contributed by atoms with Crippen LogP contribution in [0.15, 0.2) is 42.7 Å². The van der Waals surface area contributed by atoms with Crippen molar-refractivity contribution in [3.8, 4) is 22.6 Å². The third-order valence-corrected chi connectivity index (χ3v) is 4.19. The van der Waals surface area contributed by atoms with Crippen LogP contribution < -0.4 is 14.8 Å². The molecule has 2 aromatic carbocycles. The summed E-state index contributed by atoms with van der Waals surface area (Å²) in [5, 5.41) is 9.02. The molecule has 0 bridgehead atoms. The average Bonchev–Trinajstić information content (AvgIpc) is 3.14. The normalized spacial score (nSPS) is 15.4. The van der Waals surface area contributed by atoms with Crippen LogP contribution in [0.2, 0.25) is 5.02 Å². The Morgan fingerprint density at radius 3 is 2.70 bits per heavy atom. The first-order valence-corrected chi connectivity index (χ1v) is 8.27. The number of halogens is 3. The predicted octanol–water partition coefficient (Wildman–Crippen LogP) is 3.79. The molecule has 0 spiro atoms. The number of aromatic nitrogens is 2. The van der Waals surface area contributed by atoms with Gasteiger partial charge in [-0.1, -0.05) is 11.6 Å². The Hall–Kier alpha value is -3.13. The molecule has 27 heavy (non-hydrogen) atoms. The van der Waals surface area contributed by atoms with Gasteiger partial charge in [-0.15, -0.1) is 0 Å². The highest BCUT2D eigenvalue weighted by molar-refractivity contribution is 6.30. The number of rotatable bonds is 3. The minimum Gasteiger partial charge on any atom is -0.485 e. The van der Waals surface area contributed by atoms with Crippen molar-refractivity contribution in [2.75, 3.05) is 11.9 Å². The summed E-state index contributed by atoms with van der Waals surface area (Å²) >= 11 is 5.90. The fourth-order valence-corrected chi connectivity index (χ4v) is 2.87. The van der Waals surface area contributed by atoms with E-state index in [2.05, 4.69) is 15.5 Å². The minimum absolute atomic E-state index is 0.0391. The van der Waals surface area contributed by atoms with Crippen molar-refractivity contribution < 1.29 is 23.0 Å². The van der Waals surface area contributed by atoms with Crippen molar-refractivity contribution in [3.05, 3.63) is 59.4 Å².